The lowest BCUT2D eigenvalue weighted by Gasteiger charge is -2.15. The van der Waals surface area contributed by atoms with Crippen LogP contribution in [0.3, 0.4) is 0 Å². The van der Waals surface area contributed by atoms with Crippen molar-refractivity contribution >= 4 is 129 Å². The molecule has 9 heteroatoms. The van der Waals surface area contributed by atoms with Gasteiger partial charge in [-0.2, -0.15) is 0 Å². The van der Waals surface area contributed by atoms with Gasteiger partial charge in [-0.3, -0.25) is 29.9 Å². The SMILES string of the molecule is c1ccc2c(-c3cc(-c4ccc5ccncc5c4)nc(-c4ccc5ccncc5c4)c3)c3ccccc3cc2c1.c1ccc2cc3c(-c4cc(-c5ccc6ccncc6c5)nc(-c5ccc6ccncc6c5)c4)cccc3cc2c1.c1ccc2cc3cc(-c4cc(-c5ccc6ccncc6c5)nc(-c5ccc6ccncc6c5)c4)ccc3cc2c1. The van der Waals surface area contributed by atoms with E-state index in [4.69, 9.17) is 15.0 Å². The lowest BCUT2D eigenvalue weighted by atomic mass is 9.90. The Morgan fingerprint density at radius 1 is 0.133 bits per heavy atom. The number of fused-ring (bicyclic) bond motifs is 12. The summed E-state index contributed by atoms with van der Waals surface area (Å²) in [6.07, 6.45) is 22.5. The van der Waals surface area contributed by atoms with Crippen LogP contribution in [0, 0.1) is 0 Å². The van der Waals surface area contributed by atoms with Gasteiger partial charge in [-0.05, 0) is 276 Å². The van der Waals surface area contributed by atoms with Crippen molar-refractivity contribution in [2.75, 3.05) is 0 Å². The second-order valence-corrected chi connectivity index (χ2v) is 30.7. The van der Waals surface area contributed by atoms with Gasteiger partial charge in [0.2, 0.25) is 0 Å². The highest BCUT2D eigenvalue weighted by molar-refractivity contribution is 6.14. The molecular formula is C111H69N9. The molecule has 9 aromatic heterocycles. The zero-order valence-corrected chi connectivity index (χ0v) is 64.9. The van der Waals surface area contributed by atoms with E-state index >= 15 is 0 Å². The number of hydrogen-bond acceptors (Lipinski definition) is 9. The smallest absolute Gasteiger partial charge is 0.0715 e. The van der Waals surface area contributed by atoms with Gasteiger partial charge in [-0.25, -0.2) is 15.0 Å². The summed E-state index contributed by atoms with van der Waals surface area (Å²) in [5.41, 5.74) is 19.0. The Balaban J connectivity index is 0.000000108. The third-order valence-electron chi connectivity index (χ3n) is 23.2. The molecule has 0 spiro atoms. The fourth-order valence-electron chi connectivity index (χ4n) is 17.1. The second-order valence-electron chi connectivity index (χ2n) is 30.7. The van der Waals surface area contributed by atoms with E-state index in [1.807, 2.05) is 111 Å². The van der Waals surface area contributed by atoms with Crippen molar-refractivity contribution in [1.29, 1.82) is 0 Å². The van der Waals surface area contributed by atoms with Gasteiger partial charge in [0.25, 0.3) is 0 Å². The summed E-state index contributed by atoms with van der Waals surface area (Å²) in [5, 5.41) is 28.4. The molecule has 0 atom stereocenters. The van der Waals surface area contributed by atoms with Crippen LogP contribution < -0.4 is 0 Å². The predicted octanol–water partition coefficient (Wildman–Crippen LogP) is 28.5. The molecule has 0 N–H and O–H groups in total. The van der Waals surface area contributed by atoms with Crippen LogP contribution in [0.1, 0.15) is 0 Å². The van der Waals surface area contributed by atoms with Gasteiger partial charge in [-0.1, -0.05) is 200 Å². The highest BCUT2D eigenvalue weighted by Gasteiger charge is 2.19. The highest BCUT2D eigenvalue weighted by atomic mass is 14.7. The average Bonchev–Trinajstić information content (AvgIpc) is 0.756. The minimum Gasteiger partial charge on any atom is -0.264 e. The number of aromatic nitrogens is 9. The minimum absolute atomic E-state index is 0.932. The summed E-state index contributed by atoms with van der Waals surface area (Å²) in [4.78, 5) is 41.6. The number of rotatable bonds is 9. The van der Waals surface area contributed by atoms with Crippen molar-refractivity contribution in [3.05, 3.63) is 420 Å². The number of nitrogens with zero attached hydrogens (tertiary/aromatic N) is 9. The molecule has 0 unspecified atom stereocenters. The van der Waals surface area contributed by atoms with E-state index in [0.717, 1.165) is 144 Å². The van der Waals surface area contributed by atoms with Crippen molar-refractivity contribution in [3.63, 3.8) is 0 Å². The van der Waals surface area contributed by atoms with E-state index in [-0.39, 0.29) is 0 Å². The maximum Gasteiger partial charge on any atom is 0.0715 e. The Kier molecular flexibility index (Phi) is 17.7. The molecule has 558 valence electrons. The average molecular weight is 1530 g/mol. The van der Waals surface area contributed by atoms with Crippen LogP contribution in [0.25, 0.3) is 230 Å². The third kappa shape index (κ3) is 13.7. The van der Waals surface area contributed by atoms with Crippen molar-refractivity contribution in [2.24, 2.45) is 0 Å². The van der Waals surface area contributed by atoms with Gasteiger partial charge in [0, 0.05) is 140 Å². The predicted molar refractivity (Wildman–Crippen MR) is 498 cm³/mol. The van der Waals surface area contributed by atoms with Crippen LogP contribution in [0.15, 0.2) is 420 Å². The first-order valence-corrected chi connectivity index (χ1v) is 40.2. The van der Waals surface area contributed by atoms with E-state index in [0.29, 0.717) is 0 Å². The lowest BCUT2D eigenvalue weighted by molar-refractivity contribution is 1.32. The molecule has 9 heterocycles. The van der Waals surface area contributed by atoms with Crippen LogP contribution in [0.4, 0.5) is 0 Å². The maximum atomic E-state index is 5.23. The normalized spacial score (nSPS) is 11.5. The van der Waals surface area contributed by atoms with Gasteiger partial charge in [-0.15, -0.1) is 0 Å². The summed E-state index contributed by atoms with van der Waals surface area (Å²) in [7, 11) is 0. The first-order valence-electron chi connectivity index (χ1n) is 40.2. The summed E-state index contributed by atoms with van der Waals surface area (Å²) in [5.74, 6) is 0. The standard InChI is InChI=1S/3C37H23N3/c1-3-7-33-26(5-1)17-27-6-2-4-8-34(27)37(33)30-20-35(28-11-9-24-13-15-38-22-31(24)18-28)40-36(21-30)29-12-10-25-14-16-39-23-32(25)19-29;1-2-5-27-19-35-28(16-26(27)4-1)6-3-7-34(35)31-20-36(29-10-8-24-12-14-38-22-32(24)17-29)40-37(21-31)30-11-9-25-13-15-39-23-33(25)18-30;1-2-4-27-16-32-17-29(8-7-28(32)15-26(27)3-1)33-20-36(30-9-5-24-11-13-38-22-34(24)18-30)40-37(21-33)31-10-6-25-12-14-39-23-35(25)19-31/h3*1-23H. The Morgan fingerprint density at radius 3 is 0.767 bits per heavy atom. The third-order valence-corrected chi connectivity index (χ3v) is 23.2. The van der Waals surface area contributed by atoms with Crippen molar-refractivity contribution in [2.45, 2.75) is 0 Å². The molecule has 15 aromatic carbocycles. The molecule has 24 rings (SSSR count). The Labute approximate surface area is 690 Å². The summed E-state index contributed by atoms with van der Waals surface area (Å²) in [6, 6.07) is 123. The summed E-state index contributed by atoms with van der Waals surface area (Å²) < 4.78 is 0. The molecule has 24 aromatic rings. The topological polar surface area (TPSA) is 116 Å². The number of hydrogen-bond donors (Lipinski definition) is 0. The van der Waals surface area contributed by atoms with E-state index in [1.165, 1.54) is 86.5 Å². The molecule has 0 amide bonds. The van der Waals surface area contributed by atoms with Crippen molar-refractivity contribution in [3.8, 4) is 101 Å². The lowest BCUT2D eigenvalue weighted by Crippen LogP contribution is -1.93. The van der Waals surface area contributed by atoms with Gasteiger partial charge >= 0.3 is 0 Å². The van der Waals surface area contributed by atoms with Gasteiger partial charge in [0.15, 0.2) is 0 Å². The Morgan fingerprint density at radius 2 is 0.392 bits per heavy atom. The molecule has 0 aliphatic heterocycles. The van der Waals surface area contributed by atoms with E-state index in [9.17, 15) is 0 Å². The van der Waals surface area contributed by atoms with E-state index in [2.05, 4.69) is 339 Å². The van der Waals surface area contributed by atoms with Gasteiger partial charge < -0.3 is 0 Å². The van der Waals surface area contributed by atoms with Crippen LogP contribution in [0.2, 0.25) is 0 Å². The zero-order chi connectivity index (χ0) is 79.4. The molecule has 120 heavy (non-hydrogen) atoms. The first-order chi connectivity index (χ1) is 59.3. The van der Waals surface area contributed by atoms with Crippen LogP contribution in [-0.2, 0) is 0 Å². The van der Waals surface area contributed by atoms with Crippen LogP contribution in [-0.4, -0.2) is 44.9 Å². The summed E-state index contributed by atoms with van der Waals surface area (Å²) in [6.45, 7) is 0. The molecule has 0 fully saturated rings. The fourth-order valence-corrected chi connectivity index (χ4v) is 17.1. The number of benzene rings is 15. The molecule has 0 aliphatic rings. The Hall–Kier alpha value is -16.2. The van der Waals surface area contributed by atoms with Gasteiger partial charge in [0.1, 0.15) is 0 Å². The number of pyridine rings is 9. The second kappa shape index (κ2) is 30.2. The molecule has 0 saturated heterocycles. The Bertz CT molecular complexity index is 7840. The van der Waals surface area contributed by atoms with Crippen LogP contribution >= 0.6 is 0 Å². The largest absolute Gasteiger partial charge is 0.264 e. The van der Waals surface area contributed by atoms with Gasteiger partial charge in [0.05, 0.1) is 34.2 Å². The van der Waals surface area contributed by atoms with Crippen molar-refractivity contribution in [1.82, 2.24) is 44.9 Å². The first kappa shape index (κ1) is 70.4. The molecule has 0 radical (unpaired) electrons. The molecular weight excluding hydrogens is 1460 g/mol. The molecule has 9 nitrogen and oxygen atoms in total. The monoisotopic (exact) mass is 1530 g/mol. The molecule has 0 saturated carbocycles. The highest BCUT2D eigenvalue weighted by Crippen LogP contribution is 2.43. The quantitative estimate of drug-likeness (QED) is 0.130. The summed E-state index contributed by atoms with van der Waals surface area (Å²) >= 11 is 0. The van der Waals surface area contributed by atoms with Crippen LogP contribution in [0.5, 0.6) is 0 Å². The maximum absolute atomic E-state index is 5.23. The van der Waals surface area contributed by atoms with Crippen molar-refractivity contribution < 1.29 is 0 Å². The van der Waals surface area contributed by atoms with E-state index < -0.39 is 0 Å². The minimum atomic E-state index is 0.932. The fraction of sp³-hybridized carbons (Fsp3) is 0. The van der Waals surface area contributed by atoms with E-state index in [1.54, 1.807) is 0 Å². The zero-order valence-electron chi connectivity index (χ0n) is 64.9. The molecule has 0 aliphatic carbocycles. The molecule has 0 bridgehead atoms.